The van der Waals surface area contributed by atoms with Crippen LogP contribution in [-0.2, 0) is 10.0 Å². The fourth-order valence-corrected chi connectivity index (χ4v) is 3.66. The predicted octanol–water partition coefficient (Wildman–Crippen LogP) is 2.80. The lowest BCUT2D eigenvalue weighted by Crippen LogP contribution is -2.28. The summed E-state index contributed by atoms with van der Waals surface area (Å²) in [6, 6.07) is 20.2. The largest absolute Gasteiger partial charge is 0.347 e. The van der Waals surface area contributed by atoms with Crippen LogP contribution in [0.2, 0.25) is 0 Å². The summed E-state index contributed by atoms with van der Waals surface area (Å²) in [7, 11) is -3.44. The van der Waals surface area contributed by atoms with E-state index in [-0.39, 0.29) is 18.0 Å². The highest BCUT2D eigenvalue weighted by Crippen LogP contribution is 2.38. The van der Waals surface area contributed by atoms with Gasteiger partial charge in [0.2, 0.25) is 16.0 Å². The highest BCUT2D eigenvalue weighted by Gasteiger charge is 2.31. The zero-order valence-electron chi connectivity index (χ0n) is 14.2. The number of rotatable bonds is 4. The van der Waals surface area contributed by atoms with Crippen LogP contribution in [-0.4, -0.2) is 29.4 Å². The molecule has 2 aromatic carbocycles. The standard InChI is InChI=1S/C18H19N5O2S/c1-26(24,25)22-17-20-18-19-15(13-8-4-2-5-9-13)12-16(23(18)21-17)14-10-6-3-7-11-14/h2-11,15-16H,12H2,1H3,(H2,19,20,21,22)/t15-,16+/m1/s1. The van der Waals surface area contributed by atoms with Gasteiger partial charge < -0.3 is 5.32 Å². The minimum absolute atomic E-state index is 0.0414. The molecule has 0 saturated heterocycles. The summed E-state index contributed by atoms with van der Waals surface area (Å²) in [5.74, 6) is 0.620. The maximum Gasteiger partial charge on any atom is 0.257 e. The number of hydrogen-bond acceptors (Lipinski definition) is 5. The number of nitrogens with one attached hydrogen (secondary N) is 2. The molecule has 1 aliphatic rings. The average molecular weight is 369 g/mol. The van der Waals surface area contributed by atoms with Gasteiger partial charge in [0.1, 0.15) is 0 Å². The molecule has 2 N–H and O–H groups in total. The Bertz CT molecular complexity index is 1000. The monoisotopic (exact) mass is 369 g/mol. The molecule has 1 aromatic heterocycles. The van der Waals surface area contributed by atoms with Gasteiger partial charge in [0, 0.05) is 0 Å². The van der Waals surface area contributed by atoms with Crippen molar-refractivity contribution in [3.05, 3.63) is 71.8 Å². The molecule has 7 nitrogen and oxygen atoms in total. The van der Waals surface area contributed by atoms with Crippen LogP contribution in [0, 0.1) is 0 Å². The second kappa shape index (κ2) is 6.45. The van der Waals surface area contributed by atoms with E-state index in [1.54, 1.807) is 4.68 Å². The molecule has 4 rings (SSSR count). The summed E-state index contributed by atoms with van der Waals surface area (Å²) >= 11 is 0. The smallest absolute Gasteiger partial charge is 0.257 e. The van der Waals surface area contributed by atoms with E-state index in [0.717, 1.165) is 23.8 Å². The van der Waals surface area contributed by atoms with E-state index in [0.29, 0.717) is 5.95 Å². The van der Waals surface area contributed by atoms with E-state index in [2.05, 4.69) is 32.3 Å². The van der Waals surface area contributed by atoms with Gasteiger partial charge >= 0.3 is 0 Å². The Morgan fingerprint density at radius 1 is 1.04 bits per heavy atom. The number of fused-ring (bicyclic) bond motifs is 1. The molecule has 0 aliphatic carbocycles. The molecule has 0 bridgehead atoms. The summed E-state index contributed by atoms with van der Waals surface area (Å²) in [5.41, 5.74) is 2.26. The molecule has 2 heterocycles. The van der Waals surface area contributed by atoms with E-state index in [1.807, 2.05) is 48.5 Å². The van der Waals surface area contributed by atoms with E-state index < -0.39 is 10.0 Å². The number of aromatic nitrogens is 3. The van der Waals surface area contributed by atoms with Gasteiger partial charge in [-0.1, -0.05) is 60.7 Å². The fourth-order valence-electron chi connectivity index (χ4n) is 3.24. The van der Waals surface area contributed by atoms with Crippen molar-refractivity contribution in [1.82, 2.24) is 14.8 Å². The van der Waals surface area contributed by atoms with Crippen molar-refractivity contribution in [2.24, 2.45) is 0 Å². The summed E-state index contributed by atoms with van der Waals surface area (Å²) in [6.45, 7) is 0. The molecule has 0 unspecified atom stereocenters. The SMILES string of the molecule is CS(=O)(=O)Nc1nc2n(n1)[C@H](c1ccccc1)C[C@H](c1ccccc1)N2. The quantitative estimate of drug-likeness (QED) is 0.738. The van der Waals surface area contributed by atoms with Crippen molar-refractivity contribution >= 4 is 21.9 Å². The third kappa shape index (κ3) is 3.41. The average Bonchev–Trinajstić information content (AvgIpc) is 3.02. The zero-order chi connectivity index (χ0) is 18.1. The molecule has 134 valence electrons. The summed E-state index contributed by atoms with van der Waals surface area (Å²) in [6.07, 6.45) is 1.87. The minimum Gasteiger partial charge on any atom is -0.347 e. The molecule has 3 aromatic rings. The minimum atomic E-state index is -3.44. The number of nitrogens with zero attached hydrogens (tertiary/aromatic N) is 3. The van der Waals surface area contributed by atoms with Gasteiger partial charge in [-0.2, -0.15) is 4.98 Å². The maximum atomic E-state index is 11.5. The molecule has 1 aliphatic heterocycles. The van der Waals surface area contributed by atoms with E-state index in [1.165, 1.54) is 0 Å². The number of benzene rings is 2. The maximum absolute atomic E-state index is 11.5. The first-order valence-corrected chi connectivity index (χ1v) is 10.2. The molecule has 0 radical (unpaired) electrons. The topological polar surface area (TPSA) is 88.9 Å². The highest BCUT2D eigenvalue weighted by molar-refractivity contribution is 7.91. The lowest BCUT2D eigenvalue weighted by atomic mass is 9.93. The third-order valence-electron chi connectivity index (χ3n) is 4.35. The van der Waals surface area contributed by atoms with Crippen LogP contribution in [0.4, 0.5) is 11.9 Å². The number of sulfonamides is 1. The first-order valence-electron chi connectivity index (χ1n) is 8.30. The van der Waals surface area contributed by atoms with Gasteiger partial charge in [-0.25, -0.2) is 13.1 Å². The van der Waals surface area contributed by atoms with Gasteiger partial charge in [-0.05, 0) is 17.5 Å². The Morgan fingerprint density at radius 2 is 1.65 bits per heavy atom. The van der Waals surface area contributed by atoms with Crippen LogP contribution in [0.5, 0.6) is 0 Å². The molecular formula is C18H19N5O2S. The first-order chi connectivity index (χ1) is 12.5. The van der Waals surface area contributed by atoms with E-state index in [4.69, 9.17) is 0 Å². The van der Waals surface area contributed by atoms with E-state index >= 15 is 0 Å². The summed E-state index contributed by atoms with van der Waals surface area (Å²) < 4.78 is 27.2. The van der Waals surface area contributed by atoms with Gasteiger partial charge in [0.25, 0.3) is 5.95 Å². The molecular weight excluding hydrogens is 350 g/mol. The fraction of sp³-hybridized carbons (Fsp3) is 0.222. The summed E-state index contributed by atoms with van der Waals surface area (Å²) in [5, 5.41) is 7.75. The van der Waals surface area contributed by atoms with Gasteiger partial charge in [-0.3, -0.25) is 4.72 Å². The Kier molecular flexibility index (Phi) is 4.12. The molecule has 2 atom stereocenters. The van der Waals surface area contributed by atoms with Crippen molar-refractivity contribution in [2.75, 3.05) is 16.3 Å². The Morgan fingerprint density at radius 3 is 2.27 bits per heavy atom. The summed E-state index contributed by atoms with van der Waals surface area (Å²) in [4.78, 5) is 4.34. The van der Waals surface area contributed by atoms with Crippen LogP contribution >= 0.6 is 0 Å². The Hall–Kier alpha value is -2.87. The van der Waals surface area contributed by atoms with Crippen molar-refractivity contribution in [3.63, 3.8) is 0 Å². The van der Waals surface area contributed by atoms with Crippen molar-refractivity contribution in [3.8, 4) is 0 Å². The van der Waals surface area contributed by atoms with Gasteiger partial charge in [0.15, 0.2) is 0 Å². The zero-order valence-corrected chi connectivity index (χ0v) is 15.0. The normalized spacial score (nSPS) is 19.4. The van der Waals surface area contributed by atoms with Gasteiger partial charge in [0.05, 0.1) is 18.3 Å². The second-order valence-electron chi connectivity index (χ2n) is 6.35. The third-order valence-corrected chi connectivity index (χ3v) is 4.91. The molecule has 0 spiro atoms. The Labute approximate surface area is 152 Å². The Balaban J connectivity index is 1.76. The van der Waals surface area contributed by atoms with E-state index in [9.17, 15) is 8.42 Å². The lowest BCUT2D eigenvalue weighted by Gasteiger charge is -2.31. The molecule has 0 amide bonds. The van der Waals surface area contributed by atoms with Crippen LogP contribution < -0.4 is 10.0 Å². The van der Waals surface area contributed by atoms with Crippen molar-refractivity contribution in [2.45, 2.75) is 18.5 Å². The lowest BCUT2D eigenvalue weighted by molar-refractivity contribution is 0.431. The molecule has 8 heteroatoms. The predicted molar refractivity (Wildman–Crippen MR) is 100 cm³/mol. The van der Waals surface area contributed by atoms with Crippen LogP contribution in [0.25, 0.3) is 0 Å². The van der Waals surface area contributed by atoms with Crippen LogP contribution in [0.3, 0.4) is 0 Å². The molecule has 0 fully saturated rings. The van der Waals surface area contributed by atoms with Crippen molar-refractivity contribution < 1.29 is 8.42 Å². The molecule has 0 saturated carbocycles. The number of anilines is 2. The highest BCUT2D eigenvalue weighted by atomic mass is 32.2. The second-order valence-corrected chi connectivity index (χ2v) is 8.10. The number of hydrogen-bond donors (Lipinski definition) is 2. The van der Waals surface area contributed by atoms with Crippen LogP contribution in [0.1, 0.15) is 29.6 Å². The van der Waals surface area contributed by atoms with Crippen molar-refractivity contribution in [1.29, 1.82) is 0 Å². The molecule has 26 heavy (non-hydrogen) atoms. The van der Waals surface area contributed by atoms with Crippen LogP contribution in [0.15, 0.2) is 60.7 Å². The van der Waals surface area contributed by atoms with Gasteiger partial charge in [-0.15, -0.1) is 5.10 Å². The first kappa shape index (κ1) is 16.6.